The molecule has 32 heteroatoms. The van der Waals surface area contributed by atoms with Crippen LogP contribution in [0, 0.1) is 0 Å². The molecule has 28 nitrogen and oxygen atoms in total. The molecular weight excluding hydrogens is 1570 g/mol. The summed E-state index contributed by atoms with van der Waals surface area (Å²) in [6.45, 7) is -3.16. The smallest absolute Gasteiger partial charge is 0.339 e. The topological polar surface area (TPSA) is 356 Å². The molecule has 1 aliphatic carbocycles. The van der Waals surface area contributed by atoms with Crippen molar-refractivity contribution in [2.45, 2.75) is 101 Å². The van der Waals surface area contributed by atoms with Crippen molar-refractivity contribution in [2.24, 2.45) is 0 Å². The molecule has 0 aromatic heterocycles. The van der Waals surface area contributed by atoms with Crippen LogP contribution in [0.4, 0.5) is 22.7 Å². The maximum Gasteiger partial charge on any atom is 0.339 e. The van der Waals surface area contributed by atoms with E-state index in [0.29, 0.717) is 136 Å². The van der Waals surface area contributed by atoms with Gasteiger partial charge in [-0.1, -0.05) is 48.5 Å². The fourth-order valence-corrected chi connectivity index (χ4v) is 16.4. The Bertz CT molecular complexity index is 4350. The summed E-state index contributed by atoms with van der Waals surface area (Å²) < 4.78 is 77.5. The van der Waals surface area contributed by atoms with Gasteiger partial charge in [0.1, 0.15) is 46.0 Å². The summed E-state index contributed by atoms with van der Waals surface area (Å²) >= 11 is 24.4. The standard InChI is InChI=1S/C84H88N8O20S4/c1-101-77(97)49-17-5-9-25-65(49)89-81(113)85-37-61-69-53-33-54-46(22-14-30-94)56-35-58-48(24-16-32-96)60-36-59-47(23-15-31-95)57-34-55(45(53)21-13-29-93)71(107-41-105-69)62(38-86-82(114)90-66-26-10-6-18-50(66)78(98)102-2)73(57)109-43-111-75(59)64(40-88-84(116)92-68-28-12-8-20-52(68)80(100)104-4)76(60)112-44-110-74(58)63(72(56)108-42-106-70(54)61)39-87-83(115)91-67-27-11-7-19-51(67)79(99)103-3/h5-12,17-20,25-28,33-36,45-48,93-96H,13-16,21-24,29-32,37-44H2,1-4H3,(H2,85,89,113)(H2,86,90,114)(H2,87,91,115)(H2,88,92,116). The lowest BCUT2D eigenvalue weighted by atomic mass is 9.74. The van der Waals surface area contributed by atoms with Crippen molar-refractivity contribution >= 4 is 116 Å². The number of para-hydroxylation sites is 4. The van der Waals surface area contributed by atoms with Crippen molar-refractivity contribution in [2.75, 3.05) is 103 Å². The number of anilines is 4. The van der Waals surface area contributed by atoms with Crippen molar-refractivity contribution < 1.29 is 96.4 Å². The molecule has 116 heavy (non-hydrogen) atoms. The molecule has 0 fully saturated rings. The molecule has 0 amide bonds. The average Bonchev–Trinajstić information content (AvgIpc) is 0.720. The molecule has 8 aromatic rings. The minimum Gasteiger partial charge on any atom is -0.465 e. The first kappa shape index (κ1) is 82.6. The summed E-state index contributed by atoms with van der Waals surface area (Å²) in [5, 5.41) is 71.7. The summed E-state index contributed by atoms with van der Waals surface area (Å²) in [5.41, 5.74) is 9.12. The van der Waals surface area contributed by atoms with Gasteiger partial charge < -0.3 is 120 Å². The minimum atomic E-state index is -0.761. The Morgan fingerprint density at radius 3 is 0.672 bits per heavy atom. The molecule has 0 spiro atoms. The Labute approximate surface area is 690 Å². The highest BCUT2D eigenvalue weighted by Crippen LogP contribution is 2.59. The minimum absolute atomic E-state index is 0.0991. The normalized spacial score (nSPS) is 15.4. The molecule has 13 rings (SSSR count). The van der Waals surface area contributed by atoms with E-state index in [0.717, 1.165) is 0 Å². The van der Waals surface area contributed by atoms with Gasteiger partial charge in [-0.05, 0) is 173 Å². The predicted molar refractivity (Wildman–Crippen MR) is 446 cm³/mol. The van der Waals surface area contributed by atoms with Crippen molar-refractivity contribution in [3.63, 3.8) is 0 Å². The van der Waals surface area contributed by atoms with E-state index in [-0.39, 0.29) is 147 Å². The average molecular weight is 1660 g/mol. The number of thiocarbonyl (C=S) groups is 4. The number of ether oxygens (including phenoxy) is 12. The number of aliphatic hydroxyl groups is 4. The predicted octanol–water partition coefficient (Wildman–Crippen LogP) is 11.6. The second-order valence-electron chi connectivity index (χ2n) is 27.4. The molecule has 4 heterocycles. The summed E-state index contributed by atoms with van der Waals surface area (Å²) in [6, 6.07) is 35.3. The first-order valence-electron chi connectivity index (χ1n) is 37.7. The maximum absolute atomic E-state index is 13.2. The van der Waals surface area contributed by atoms with Gasteiger partial charge in [0.15, 0.2) is 20.4 Å². The Morgan fingerprint density at radius 2 is 0.500 bits per heavy atom. The lowest BCUT2D eigenvalue weighted by molar-refractivity contribution is 0.0593. The van der Waals surface area contributed by atoms with E-state index in [4.69, 9.17) is 106 Å². The molecule has 12 N–H and O–H groups in total. The summed E-state index contributed by atoms with van der Waals surface area (Å²) in [6.07, 6.45) is 1.95. The van der Waals surface area contributed by atoms with Crippen LogP contribution in [0.2, 0.25) is 0 Å². The maximum atomic E-state index is 13.2. The van der Waals surface area contributed by atoms with Crippen molar-refractivity contribution in [1.82, 2.24) is 21.3 Å². The van der Waals surface area contributed by atoms with Crippen LogP contribution in [0.5, 0.6) is 46.0 Å². The second-order valence-corrected chi connectivity index (χ2v) is 29.1. The highest BCUT2D eigenvalue weighted by atomic mass is 32.1. The van der Waals surface area contributed by atoms with E-state index in [1.165, 1.54) is 28.4 Å². The van der Waals surface area contributed by atoms with Gasteiger partial charge in [-0.3, -0.25) is 0 Å². The van der Waals surface area contributed by atoms with E-state index >= 15 is 0 Å². The van der Waals surface area contributed by atoms with Crippen LogP contribution < -0.4 is 80.4 Å². The van der Waals surface area contributed by atoms with E-state index in [1.54, 1.807) is 97.1 Å². The quantitative estimate of drug-likeness (QED) is 0.0123. The highest BCUT2D eigenvalue weighted by molar-refractivity contribution is 7.81. The van der Waals surface area contributed by atoms with E-state index in [1.807, 2.05) is 0 Å². The van der Waals surface area contributed by atoms with Gasteiger partial charge in [0, 0.05) is 121 Å². The number of carbonyl (C=O) groups excluding carboxylic acids is 4. The third kappa shape index (κ3) is 17.7. The zero-order chi connectivity index (χ0) is 81.5. The Balaban J connectivity index is 1.11. The van der Waals surface area contributed by atoms with Crippen LogP contribution >= 0.6 is 48.9 Å². The fourth-order valence-electron chi connectivity index (χ4n) is 15.6. The summed E-state index contributed by atoms with van der Waals surface area (Å²) in [7, 11) is 5.15. The highest BCUT2D eigenvalue weighted by Gasteiger charge is 2.42. The van der Waals surface area contributed by atoms with Crippen LogP contribution in [0.25, 0.3) is 0 Å². The number of carbonyl (C=O) groups is 4. The molecule has 0 saturated heterocycles. The van der Waals surface area contributed by atoms with Gasteiger partial charge in [-0.15, -0.1) is 0 Å². The zero-order valence-electron chi connectivity index (χ0n) is 64.0. The SMILES string of the molecule is COC(=O)c1ccccc1NC(=S)NCc1c2c3cc4c1OCOc1c(cc5c(c1CNC(=S)Nc1ccccc1C(=O)OC)OCOc1c(cc6c(c1CNC(=S)Nc1ccccc1C(=O)OC)OCOc1c(cc(c(c1CNC(=S)Nc1ccccc1C(=O)OC)OCO2)C3CCCO)C6CCCO)C5CCCO)C4CCCO. The number of methoxy groups -OCH3 is 4. The molecule has 8 bridgehead atoms. The van der Waals surface area contributed by atoms with Gasteiger partial charge in [-0.2, -0.15) is 0 Å². The van der Waals surface area contributed by atoms with Gasteiger partial charge in [0.05, 0.1) is 95.7 Å². The van der Waals surface area contributed by atoms with Crippen LogP contribution in [-0.4, -0.2) is 147 Å². The van der Waals surface area contributed by atoms with Crippen LogP contribution in [0.1, 0.15) is 183 Å². The van der Waals surface area contributed by atoms with Gasteiger partial charge in [0.25, 0.3) is 0 Å². The van der Waals surface area contributed by atoms with E-state index in [9.17, 15) is 39.6 Å². The van der Waals surface area contributed by atoms with Crippen molar-refractivity contribution in [1.29, 1.82) is 0 Å². The first-order chi connectivity index (χ1) is 56.5. The molecule has 8 aromatic carbocycles. The third-order valence-corrected chi connectivity index (χ3v) is 21.8. The lowest BCUT2D eigenvalue weighted by Gasteiger charge is -2.38. The van der Waals surface area contributed by atoms with Gasteiger partial charge >= 0.3 is 23.9 Å². The Kier molecular flexibility index (Phi) is 27.3. The van der Waals surface area contributed by atoms with Crippen molar-refractivity contribution in [3.8, 4) is 46.0 Å². The molecule has 0 unspecified atom stereocenters. The Hall–Kier alpha value is -11.4. The van der Waals surface area contributed by atoms with Crippen LogP contribution in [-0.2, 0) is 45.1 Å². The Morgan fingerprint density at radius 1 is 0.319 bits per heavy atom. The third-order valence-electron chi connectivity index (χ3n) is 20.8. The molecule has 608 valence electrons. The van der Waals surface area contributed by atoms with E-state index in [2.05, 4.69) is 66.8 Å². The zero-order valence-corrected chi connectivity index (χ0v) is 67.2. The first-order valence-corrected chi connectivity index (χ1v) is 39.3. The number of aliphatic hydroxyl groups excluding tert-OH is 4. The number of esters is 4. The summed E-state index contributed by atoms with van der Waals surface area (Å²) in [5.74, 6) is -2.85. The van der Waals surface area contributed by atoms with Gasteiger partial charge in [0.2, 0.25) is 27.2 Å². The summed E-state index contributed by atoms with van der Waals surface area (Å²) in [4.78, 5) is 52.8. The monoisotopic (exact) mass is 1660 g/mol. The fraction of sp³-hybridized carbons (Fsp3) is 0.333. The number of nitrogens with one attached hydrogen (secondary N) is 8. The van der Waals surface area contributed by atoms with Crippen LogP contribution in [0.3, 0.4) is 0 Å². The van der Waals surface area contributed by atoms with Gasteiger partial charge in [-0.25, -0.2) is 19.2 Å². The molecule has 0 radical (unpaired) electrons. The largest absolute Gasteiger partial charge is 0.465 e. The number of hydrogen-bond donors (Lipinski definition) is 12. The number of hydrogen-bond acceptors (Lipinski definition) is 24. The van der Waals surface area contributed by atoms with Crippen molar-refractivity contribution in [3.05, 3.63) is 210 Å². The number of benzene rings is 8. The molecule has 5 aliphatic rings. The second kappa shape index (κ2) is 38.4. The molecule has 0 atom stereocenters. The van der Waals surface area contributed by atoms with E-state index < -0.39 is 74.7 Å². The molecule has 0 saturated carbocycles. The number of rotatable bonds is 28. The molecule has 4 aliphatic heterocycles. The lowest BCUT2D eigenvalue weighted by Crippen LogP contribution is -2.32. The molecular formula is C84H88N8O20S4. The van der Waals surface area contributed by atoms with Crippen LogP contribution in [0.15, 0.2) is 121 Å².